The van der Waals surface area contributed by atoms with Crippen LogP contribution in [0.15, 0.2) is 60.8 Å². The predicted octanol–water partition coefficient (Wildman–Crippen LogP) is 3.66. The van der Waals surface area contributed by atoms with E-state index in [2.05, 4.69) is 10.4 Å². The molecule has 1 atom stereocenters. The maximum atomic E-state index is 13.8. The highest BCUT2D eigenvalue weighted by Gasteiger charge is 2.19. The van der Waals surface area contributed by atoms with Crippen LogP contribution in [0.1, 0.15) is 22.1 Å². The zero-order valence-corrected chi connectivity index (χ0v) is 13.6. The van der Waals surface area contributed by atoms with E-state index in [9.17, 15) is 14.4 Å². The number of carbonyl (C=O) groups excluding carboxylic acids is 1. The van der Waals surface area contributed by atoms with Crippen LogP contribution in [-0.2, 0) is 0 Å². The van der Waals surface area contributed by atoms with Crippen molar-refractivity contribution in [3.8, 4) is 11.8 Å². The molecule has 0 radical (unpaired) electrons. The standard InChI is InChI=1S/C18H12ClFN4O/c19-12-4-3-5-13(10-12)24-9-8-16(23-24)18(25)22-17(11-21)14-6-1-2-7-15(14)20/h1-10,17H,(H,22,25)/t17-/m0/s1. The lowest BCUT2D eigenvalue weighted by Crippen LogP contribution is -2.28. The van der Waals surface area contributed by atoms with Crippen molar-refractivity contribution in [1.82, 2.24) is 15.1 Å². The average molecular weight is 355 g/mol. The van der Waals surface area contributed by atoms with Crippen LogP contribution in [0, 0.1) is 17.1 Å². The van der Waals surface area contributed by atoms with Gasteiger partial charge in [0.2, 0.25) is 0 Å². The van der Waals surface area contributed by atoms with Gasteiger partial charge in [0.05, 0.1) is 11.8 Å². The number of hydrogen-bond acceptors (Lipinski definition) is 3. The molecule has 7 heteroatoms. The lowest BCUT2D eigenvalue weighted by molar-refractivity contribution is 0.0939. The lowest BCUT2D eigenvalue weighted by Gasteiger charge is -2.11. The maximum absolute atomic E-state index is 13.8. The summed E-state index contributed by atoms with van der Waals surface area (Å²) < 4.78 is 15.3. The largest absolute Gasteiger partial charge is 0.331 e. The minimum Gasteiger partial charge on any atom is -0.331 e. The highest BCUT2D eigenvalue weighted by Crippen LogP contribution is 2.17. The molecule has 0 fully saturated rings. The Hall–Kier alpha value is -3.17. The number of amides is 1. The van der Waals surface area contributed by atoms with Gasteiger partial charge in [-0.05, 0) is 30.3 Å². The summed E-state index contributed by atoms with van der Waals surface area (Å²) in [5.74, 6) is -1.13. The molecule has 1 N–H and O–H groups in total. The van der Waals surface area contributed by atoms with Gasteiger partial charge in [-0.2, -0.15) is 10.4 Å². The van der Waals surface area contributed by atoms with E-state index in [1.165, 1.54) is 28.9 Å². The van der Waals surface area contributed by atoms with Crippen molar-refractivity contribution in [2.24, 2.45) is 0 Å². The Morgan fingerprint density at radius 2 is 2.04 bits per heavy atom. The molecule has 3 aromatic rings. The summed E-state index contributed by atoms with van der Waals surface area (Å²) in [5, 5.41) is 16.4. The summed E-state index contributed by atoms with van der Waals surface area (Å²) in [7, 11) is 0. The molecule has 124 valence electrons. The van der Waals surface area contributed by atoms with Crippen molar-refractivity contribution < 1.29 is 9.18 Å². The number of halogens is 2. The number of nitrogens with one attached hydrogen (secondary N) is 1. The molecule has 1 heterocycles. The van der Waals surface area contributed by atoms with E-state index in [1.807, 2.05) is 6.07 Å². The van der Waals surface area contributed by atoms with Gasteiger partial charge in [0.25, 0.3) is 5.91 Å². The van der Waals surface area contributed by atoms with Gasteiger partial charge >= 0.3 is 0 Å². The molecule has 25 heavy (non-hydrogen) atoms. The summed E-state index contributed by atoms with van der Waals surface area (Å²) in [6.45, 7) is 0. The van der Waals surface area contributed by atoms with E-state index in [0.29, 0.717) is 10.7 Å². The van der Waals surface area contributed by atoms with Crippen molar-refractivity contribution in [2.75, 3.05) is 0 Å². The molecule has 0 saturated heterocycles. The van der Waals surface area contributed by atoms with E-state index in [0.717, 1.165) is 0 Å². The molecule has 2 aromatic carbocycles. The molecule has 1 amide bonds. The number of nitrogens with zero attached hydrogens (tertiary/aromatic N) is 3. The predicted molar refractivity (Wildman–Crippen MR) is 90.8 cm³/mol. The molecule has 0 spiro atoms. The Labute approximate surface area is 148 Å². The van der Waals surface area contributed by atoms with Gasteiger partial charge in [-0.1, -0.05) is 35.9 Å². The zero-order chi connectivity index (χ0) is 17.8. The summed E-state index contributed by atoms with van der Waals surface area (Å²) in [5.41, 5.74) is 0.904. The number of benzene rings is 2. The second-order valence-corrected chi connectivity index (χ2v) is 5.62. The van der Waals surface area contributed by atoms with Gasteiger partial charge in [0.1, 0.15) is 11.9 Å². The van der Waals surface area contributed by atoms with Crippen molar-refractivity contribution in [3.05, 3.63) is 82.9 Å². The van der Waals surface area contributed by atoms with Crippen LogP contribution in [0.2, 0.25) is 5.02 Å². The third-order valence-electron chi connectivity index (χ3n) is 3.52. The fraction of sp³-hybridized carbons (Fsp3) is 0.0556. The fourth-order valence-electron chi connectivity index (χ4n) is 2.30. The smallest absolute Gasteiger partial charge is 0.273 e. The Bertz CT molecular complexity index is 963. The van der Waals surface area contributed by atoms with E-state index >= 15 is 0 Å². The first kappa shape index (κ1) is 16.7. The number of hydrogen-bond donors (Lipinski definition) is 1. The zero-order valence-electron chi connectivity index (χ0n) is 12.9. The van der Waals surface area contributed by atoms with E-state index in [1.54, 1.807) is 36.5 Å². The van der Waals surface area contributed by atoms with E-state index in [-0.39, 0.29) is 11.3 Å². The molecular weight excluding hydrogens is 343 g/mol. The summed E-state index contributed by atoms with van der Waals surface area (Å²) in [4.78, 5) is 12.3. The molecule has 0 aliphatic heterocycles. The third-order valence-corrected chi connectivity index (χ3v) is 3.75. The van der Waals surface area contributed by atoms with Gasteiger partial charge in [0.15, 0.2) is 5.69 Å². The van der Waals surface area contributed by atoms with Crippen LogP contribution in [0.3, 0.4) is 0 Å². The lowest BCUT2D eigenvalue weighted by atomic mass is 10.1. The maximum Gasteiger partial charge on any atom is 0.273 e. The fourth-order valence-corrected chi connectivity index (χ4v) is 2.49. The van der Waals surface area contributed by atoms with E-state index in [4.69, 9.17) is 11.6 Å². The van der Waals surface area contributed by atoms with Gasteiger partial charge in [-0.25, -0.2) is 9.07 Å². The Morgan fingerprint density at radius 1 is 1.24 bits per heavy atom. The molecule has 3 rings (SSSR count). The molecule has 5 nitrogen and oxygen atoms in total. The molecule has 0 unspecified atom stereocenters. The molecule has 0 aliphatic rings. The first-order chi connectivity index (χ1) is 12.1. The summed E-state index contributed by atoms with van der Waals surface area (Å²) in [6, 6.07) is 15.1. The van der Waals surface area contributed by atoms with Crippen LogP contribution < -0.4 is 5.32 Å². The van der Waals surface area contributed by atoms with Gasteiger partial charge in [0, 0.05) is 16.8 Å². The molecule has 0 aliphatic carbocycles. The molecule has 0 saturated carbocycles. The highest BCUT2D eigenvalue weighted by molar-refractivity contribution is 6.30. The quantitative estimate of drug-likeness (QED) is 0.777. The SMILES string of the molecule is N#C[C@H](NC(=O)c1ccn(-c2cccc(Cl)c2)n1)c1ccccc1F. The Morgan fingerprint density at radius 3 is 2.76 bits per heavy atom. The normalized spacial score (nSPS) is 11.6. The molecular formula is C18H12ClFN4O. The molecule has 0 bridgehead atoms. The topological polar surface area (TPSA) is 70.7 Å². The summed E-state index contributed by atoms with van der Waals surface area (Å²) >= 11 is 5.94. The van der Waals surface area contributed by atoms with Gasteiger partial charge < -0.3 is 5.32 Å². The van der Waals surface area contributed by atoms with Crippen molar-refractivity contribution in [2.45, 2.75) is 6.04 Å². The Kier molecular flexibility index (Phi) is 4.78. The minimum atomic E-state index is -1.11. The van der Waals surface area contributed by atoms with Gasteiger partial charge in [-0.15, -0.1) is 0 Å². The third kappa shape index (κ3) is 3.67. The number of aromatic nitrogens is 2. The van der Waals surface area contributed by atoms with Crippen molar-refractivity contribution in [1.29, 1.82) is 5.26 Å². The number of carbonyl (C=O) groups is 1. The van der Waals surface area contributed by atoms with E-state index < -0.39 is 17.8 Å². The van der Waals surface area contributed by atoms with Crippen LogP contribution in [0.5, 0.6) is 0 Å². The number of nitriles is 1. The Balaban J connectivity index is 1.80. The first-order valence-corrected chi connectivity index (χ1v) is 7.73. The first-order valence-electron chi connectivity index (χ1n) is 7.35. The van der Waals surface area contributed by atoms with Gasteiger partial charge in [-0.3, -0.25) is 4.79 Å². The number of rotatable bonds is 4. The second-order valence-electron chi connectivity index (χ2n) is 5.18. The van der Waals surface area contributed by atoms with Crippen LogP contribution in [0.4, 0.5) is 4.39 Å². The average Bonchev–Trinajstić information content (AvgIpc) is 3.10. The van der Waals surface area contributed by atoms with Crippen molar-refractivity contribution >= 4 is 17.5 Å². The summed E-state index contributed by atoms with van der Waals surface area (Å²) in [6.07, 6.45) is 1.60. The van der Waals surface area contributed by atoms with Crippen LogP contribution in [0.25, 0.3) is 5.69 Å². The van der Waals surface area contributed by atoms with Crippen LogP contribution in [-0.4, -0.2) is 15.7 Å². The van der Waals surface area contributed by atoms with Crippen molar-refractivity contribution in [3.63, 3.8) is 0 Å². The van der Waals surface area contributed by atoms with Crippen LogP contribution >= 0.6 is 11.6 Å². The monoisotopic (exact) mass is 354 g/mol. The minimum absolute atomic E-state index is 0.104. The molecule has 1 aromatic heterocycles. The second kappa shape index (κ2) is 7.16. The highest BCUT2D eigenvalue weighted by atomic mass is 35.5.